The first kappa shape index (κ1) is 20.4. The highest BCUT2D eigenvalue weighted by molar-refractivity contribution is 9.10. The maximum atomic E-state index is 10.8. The molecule has 0 unspecified atom stereocenters. The quantitative estimate of drug-likeness (QED) is 0.572. The van der Waals surface area contributed by atoms with Crippen molar-refractivity contribution in [2.45, 2.75) is 38.9 Å². The van der Waals surface area contributed by atoms with Crippen molar-refractivity contribution in [3.63, 3.8) is 0 Å². The van der Waals surface area contributed by atoms with Crippen molar-refractivity contribution in [1.29, 1.82) is 0 Å². The zero-order valence-electron chi connectivity index (χ0n) is 15.2. The molecule has 6 nitrogen and oxygen atoms in total. The van der Waals surface area contributed by atoms with Gasteiger partial charge in [0.2, 0.25) is 0 Å². The summed E-state index contributed by atoms with van der Waals surface area (Å²) in [5, 5.41) is 8.84. The molecule has 2 aromatic rings. The van der Waals surface area contributed by atoms with Gasteiger partial charge in [-0.1, -0.05) is 18.2 Å². The van der Waals surface area contributed by atoms with Crippen molar-refractivity contribution in [1.82, 2.24) is 4.98 Å². The van der Waals surface area contributed by atoms with Crippen LogP contribution in [0.2, 0.25) is 0 Å². The number of aromatic carboxylic acids is 1. The standard InChI is InChI=1S/C13H17BO4.C5H5BrN2/c1-12(2)13(3,4)18-14(17-12)10-7-5-9(6-8-10)11(15)16;6-4-2-1-3-5(7)8-4/h5-8H,1-4H3,(H,15,16);1-3H,(H2,7,8). The molecule has 1 aliphatic rings. The molecule has 1 aliphatic heterocycles. The summed E-state index contributed by atoms with van der Waals surface area (Å²) >= 11 is 3.17. The molecule has 1 aromatic heterocycles. The number of anilines is 1. The van der Waals surface area contributed by atoms with E-state index in [-0.39, 0.29) is 16.8 Å². The van der Waals surface area contributed by atoms with E-state index in [1.165, 1.54) is 0 Å². The van der Waals surface area contributed by atoms with E-state index in [1.807, 2.05) is 39.8 Å². The fourth-order valence-electron chi connectivity index (χ4n) is 2.19. The molecule has 0 saturated carbocycles. The molecule has 0 radical (unpaired) electrons. The SMILES string of the molecule is CC1(C)OB(c2ccc(C(=O)O)cc2)OC1(C)C.Nc1cccc(Br)n1. The van der Waals surface area contributed by atoms with Gasteiger partial charge in [0.1, 0.15) is 10.4 Å². The lowest BCUT2D eigenvalue weighted by Gasteiger charge is -2.32. The van der Waals surface area contributed by atoms with Crippen LogP contribution < -0.4 is 11.2 Å². The van der Waals surface area contributed by atoms with E-state index in [4.69, 9.17) is 20.1 Å². The van der Waals surface area contributed by atoms with Crippen LogP contribution in [-0.4, -0.2) is 34.4 Å². The Labute approximate surface area is 162 Å². The number of nitrogen functional groups attached to an aromatic ring is 1. The largest absolute Gasteiger partial charge is 0.494 e. The number of aromatic nitrogens is 1. The topological polar surface area (TPSA) is 94.7 Å². The molecule has 0 spiro atoms. The fourth-order valence-corrected chi connectivity index (χ4v) is 2.54. The Hall–Kier alpha value is -1.90. The molecule has 26 heavy (non-hydrogen) atoms. The van der Waals surface area contributed by atoms with E-state index >= 15 is 0 Å². The van der Waals surface area contributed by atoms with Gasteiger partial charge >= 0.3 is 13.1 Å². The third-order valence-electron chi connectivity index (χ3n) is 4.42. The van der Waals surface area contributed by atoms with Crippen molar-refractivity contribution >= 4 is 40.3 Å². The second kappa shape index (κ2) is 7.78. The van der Waals surface area contributed by atoms with Crippen LogP contribution in [0.3, 0.4) is 0 Å². The minimum atomic E-state index is -0.935. The van der Waals surface area contributed by atoms with Gasteiger partial charge in [0, 0.05) is 0 Å². The Morgan fingerprint density at radius 1 is 1.08 bits per heavy atom. The molecule has 8 heteroatoms. The van der Waals surface area contributed by atoms with E-state index in [0.717, 1.165) is 10.1 Å². The summed E-state index contributed by atoms with van der Waals surface area (Å²) in [6.07, 6.45) is 0. The molecule has 1 aromatic carbocycles. The highest BCUT2D eigenvalue weighted by atomic mass is 79.9. The van der Waals surface area contributed by atoms with Crippen LogP contribution in [0.1, 0.15) is 38.1 Å². The monoisotopic (exact) mass is 420 g/mol. The number of nitrogens with two attached hydrogens (primary N) is 1. The van der Waals surface area contributed by atoms with Crippen LogP contribution in [0.15, 0.2) is 47.1 Å². The Balaban J connectivity index is 0.000000254. The number of nitrogens with zero attached hydrogens (tertiary/aromatic N) is 1. The Bertz CT molecular complexity index is 748. The molecule has 3 N–H and O–H groups in total. The summed E-state index contributed by atoms with van der Waals surface area (Å²) in [4.78, 5) is 14.6. The predicted octanol–water partition coefficient (Wildman–Crippen LogP) is 3.11. The Kier molecular flexibility index (Phi) is 6.11. The Morgan fingerprint density at radius 2 is 1.62 bits per heavy atom. The molecule has 0 aliphatic carbocycles. The first-order valence-electron chi connectivity index (χ1n) is 8.09. The van der Waals surface area contributed by atoms with Gasteiger partial charge in [0.05, 0.1) is 16.8 Å². The van der Waals surface area contributed by atoms with Gasteiger partial charge in [-0.05, 0) is 73.4 Å². The van der Waals surface area contributed by atoms with Crippen molar-refractivity contribution in [3.05, 3.63) is 52.6 Å². The van der Waals surface area contributed by atoms with Gasteiger partial charge < -0.3 is 20.1 Å². The highest BCUT2D eigenvalue weighted by Crippen LogP contribution is 2.36. The average Bonchev–Trinajstić information content (AvgIpc) is 2.76. The molecule has 1 fully saturated rings. The van der Waals surface area contributed by atoms with E-state index < -0.39 is 13.1 Å². The van der Waals surface area contributed by atoms with E-state index in [0.29, 0.717) is 5.82 Å². The summed E-state index contributed by atoms with van der Waals surface area (Å²) in [5.74, 6) is -0.394. The maximum Gasteiger partial charge on any atom is 0.494 e. The minimum absolute atomic E-state index is 0.260. The first-order valence-corrected chi connectivity index (χ1v) is 8.88. The number of hydrogen-bond acceptors (Lipinski definition) is 5. The zero-order chi connectivity index (χ0) is 19.5. The van der Waals surface area contributed by atoms with Crippen LogP contribution in [0.5, 0.6) is 0 Å². The molecular formula is C18H22BBrN2O4. The summed E-state index contributed by atoms with van der Waals surface area (Å²) in [6.45, 7) is 7.94. The number of halogens is 1. The van der Waals surface area contributed by atoms with Gasteiger partial charge in [-0.3, -0.25) is 0 Å². The second-order valence-electron chi connectivity index (χ2n) is 6.90. The average molecular weight is 421 g/mol. The third kappa shape index (κ3) is 4.84. The molecule has 0 atom stereocenters. The number of carbonyl (C=O) groups is 1. The van der Waals surface area contributed by atoms with Crippen LogP contribution in [0, 0.1) is 0 Å². The normalized spacial score (nSPS) is 17.3. The lowest BCUT2D eigenvalue weighted by Crippen LogP contribution is -2.41. The number of hydrogen-bond donors (Lipinski definition) is 2. The smallest absolute Gasteiger partial charge is 0.478 e. The van der Waals surface area contributed by atoms with Crippen LogP contribution >= 0.6 is 15.9 Å². The minimum Gasteiger partial charge on any atom is -0.478 e. The lowest BCUT2D eigenvalue weighted by atomic mass is 9.79. The van der Waals surface area contributed by atoms with E-state index in [1.54, 1.807) is 30.3 Å². The van der Waals surface area contributed by atoms with Crippen LogP contribution in [-0.2, 0) is 9.31 Å². The van der Waals surface area contributed by atoms with Gasteiger partial charge in [-0.25, -0.2) is 9.78 Å². The summed E-state index contributed by atoms with van der Waals surface area (Å²) in [6, 6.07) is 12.0. The zero-order valence-corrected chi connectivity index (χ0v) is 16.8. The van der Waals surface area contributed by atoms with Gasteiger partial charge in [-0.15, -0.1) is 0 Å². The Morgan fingerprint density at radius 3 is 2.00 bits per heavy atom. The van der Waals surface area contributed by atoms with Crippen molar-refractivity contribution in [3.8, 4) is 0 Å². The summed E-state index contributed by atoms with van der Waals surface area (Å²) in [5.41, 5.74) is 5.64. The molecule has 0 bridgehead atoms. The molecule has 0 amide bonds. The summed E-state index contributed by atoms with van der Waals surface area (Å²) in [7, 11) is -0.446. The molecular weight excluding hydrogens is 399 g/mol. The van der Waals surface area contributed by atoms with Gasteiger partial charge in [-0.2, -0.15) is 0 Å². The fraction of sp³-hybridized carbons (Fsp3) is 0.333. The third-order valence-corrected chi connectivity index (χ3v) is 4.86. The van der Waals surface area contributed by atoms with Gasteiger partial charge in [0.25, 0.3) is 0 Å². The predicted molar refractivity (Wildman–Crippen MR) is 105 cm³/mol. The molecule has 3 rings (SSSR count). The van der Waals surface area contributed by atoms with Crippen molar-refractivity contribution in [2.75, 3.05) is 5.73 Å². The van der Waals surface area contributed by atoms with Gasteiger partial charge in [0.15, 0.2) is 0 Å². The van der Waals surface area contributed by atoms with Crippen molar-refractivity contribution < 1.29 is 19.2 Å². The second-order valence-corrected chi connectivity index (χ2v) is 7.71. The van der Waals surface area contributed by atoms with Crippen LogP contribution in [0.4, 0.5) is 5.82 Å². The van der Waals surface area contributed by atoms with E-state index in [9.17, 15) is 4.79 Å². The number of benzene rings is 1. The maximum absolute atomic E-state index is 10.8. The number of pyridine rings is 1. The highest BCUT2D eigenvalue weighted by Gasteiger charge is 2.51. The lowest BCUT2D eigenvalue weighted by molar-refractivity contribution is 0.00578. The molecule has 1 saturated heterocycles. The van der Waals surface area contributed by atoms with Crippen LogP contribution in [0.25, 0.3) is 0 Å². The summed E-state index contributed by atoms with van der Waals surface area (Å²) < 4.78 is 12.5. The number of carboxylic acids is 1. The molecule has 138 valence electrons. The first-order chi connectivity index (χ1) is 12.0. The number of carboxylic acid groups (broad SMARTS) is 1. The van der Waals surface area contributed by atoms with E-state index in [2.05, 4.69) is 20.9 Å². The van der Waals surface area contributed by atoms with Crippen molar-refractivity contribution in [2.24, 2.45) is 0 Å². The number of rotatable bonds is 2. The molecule has 2 heterocycles.